The van der Waals surface area contributed by atoms with E-state index in [-0.39, 0.29) is 24.1 Å². The zero-order valence-corrected chi connectivity index (χ0v) is 15.5. The highest BCUT2D eigenvalue weighted by Gasteiger charge is 2.31. The number of esters is 1. The number of benzene rings is 2. The van der Waals surface area contributed by atoms with Crippen LogP contribution < -0.4 is 0 Å². The zero-order chi connectivity index (χ0) is 19.8. The molecule has 1 atom stereocenters. The second-order valence-electron chi connectivity index (χ2n) is 7.23. The standard InChI is InChI=1S/C22H20F3NO2/c1-28-20(27)9-14-3-2-4-17-18-10-16(24)11-19(25)22(18)26(21(14)17)12-13-5-7-15(23)8-6-13/h5-8,10-11,14H,2-4,9,12H2,1H3. The van der Waals surface area contributed by atoms with Gasteiger partial charge in [0, 0.05) is 29.6 Å². The first-order valence-electron chi connectivity index (χ1n) is 9.29. The maximum atomic E-state index is 14.8. The Hall–Kier alpha value is -2.76. The summed E-state index contributed by atoms with van der Waals surface area (Å²) >= 11 is 0. The van der Waals surface area contributed by atoms with E-state index in [9.17, 15) is 18.0 Å². The summed E-state index contributed by atoms with van der Waals surface area (Å²) in [4.78, 5) is 11.9. The highest BCUT2D eigenvalue weighted by atomic mass is 19.1. The number of nitrogens with zero attached hydrogens (tertiary/aromatic N) is 1. The summed E-state index contributed by atoms with van der Waals surface area (Å²) in [6.07, 6.45) is 2.49. The van der Waals surface area contributed by atoms with Crippen molar-refractivity contribution >= 4 is 16.9 Å². The Labute approximate surface area is 160 Å². The SMILES string of the molecule is COC(=O)CC1CCCc2c1n(Cc1ccc(F)cc1)c1c(F)cc(F)cc21. The van der Waals surface area contributed by atoms with Crippen molar-refractivity contribution < 1.29 is 22.7 Å². The van der Waals surface area contributed by atoms with E-state index in [2.05, 4.69) is 0 Å². The highest BCUT2D eigenvalue weighted by molar-refractivity contribution is 5.87. The number of aromatic nitrogens is 1. The minimum absolute atomic E-state index is 0.133. The molecule has 1 aliphatic rings. The minimum Gasteiger partial charge on any atom is -0.469 e. The summed E-state index contributed by atoms with van der Waals surface area (Å²) in [6, 6.07) is 8.24. The van der Waals surface area contributed by atoms with Crippen LogP contribution in [0.25, 0.3) is 10.9 Å². The Morgan fingerprint density at radius 3 is 2.61 bits per heavy atom. The zero-order valence-electron chi connectivity index (χ0n) is 15.5. The molecule has 0 bridgehead atoms. The van der Waals surface area contributed by atoms with Crippen molar-refractivity contribution in [1.29, 1.82) is 0 Å². The molecule has 0 amide bonds. The van der Waals surface area contributed by atoms with Crippen LogP contribution in [0.2, 0.25) is 0 Å². The lowest BCUT2D eigenvalue weighted by Gasteiger charge is -2.25. The van der Waals surface area contributed by atoms with Gasteiger partial charge in [-0.05, 0) is 48.6 Å². The van der Waals surface area contributed by atoms with Crippen LogP contribution in [-0.4, -0.2) is 17.6 Å². The van der Waals surface area contributed by atoms with Crippen LogP contribution >= 0.6 is 0 Å². The number of hydrogen-bond acceptors (Lipinski definition) is 2. The predicted molar refractivity (Wildman–Crippen MR) is 99.7 cm³/mol. The highest BCUT2D eigenvalue weighted by Crippen LogP contribution is 2.41. The number of ether oxygens (including phenoxy) is 1. The molecule has 1 aliphatic carbocycles. The lowest BCUT2D eigenvalue weighted by atomic mass is 9.84. The van der Waals surface area contributed by atoms with Crippen LogP contribution in [0.5, 0.6) is 0 Å². The number of hydrogen-bond donors (Lipinski definition) is 0. The molecular formula is C22H20F3NO2. The number of rotatable bonds is 4. The lowest BCUT2D eigenvalue weighted by Crippen LogP contribution is -2.18. The molecule has 0 radical (unpaired) electrons. The van der Waals surface area contributed by atoms with E-state index < -0.39 is 11.6 Å². The minimum atomic E-state index is -0.636. The van der Waals surface area contributed by atoms with Crippen molar-refractivity contribution in [3.8, 4) is 0 Å². The van der Waals surface area contributed by atoms with E-state index in [0.717, 1.165) is 35.7 Å². The molecule has 4 rings (SSSR count). The largest absolute Gasteiger partial charge is 0.469 e. The monoisotopic (exact) mass is 387 g/mol. The maximum Gasteiger partial charge on any atom is 0.306 e. The molecule has 0 saturated carbocycles. The Morgan fingerprint density at radius 1 is 1.14 bits per heavy atom. The molecule has 28 heavy (non-hydrogen) atoms. The van der Waals surface area contributed by atoms with Crippen molar-refractivity contribution in [2.24, 2.45) is 0 Å². The molecule has 1 aromatic heterocycles. The molecule has 0 fully saturated rings. The molecule has 0 saturated heterocycles. The molecule has 2 aromatic carbocycles. The number of carbonyl (C=O) groups is 1. The summed E-state index contributed by atoms with van der Waals surface area (Å²) in [5, 5.41) is 0.546. The van der Waals surface area contributed by atoms with Gasteiger partial charge in [0.15, 0.2) is 0 Å². The molecule has 0 spiro atoms. The molecule has 0 aliphatic heterocycles. The third-order valence-corrected chi connectivity index (χ3v) is 5.48. The van der Waals surface area contributed by atoms with E-state index in [1.807, 2.05) is 4.57 Å². The van der Waals surface area contributed by atoms with Crippen molar-refractivity contribution in [2.45, 2.75) is 38.1 Å². The number of fused-ring (bicyclic) bond motifs is 3. The Bertz CT molecular complexity index is 1040. The molecule has 3 nitrogen and oxygen atoms in total. The smallest absolute Gasteiger partial charge is 0.306 e. The van der Waals surface area contributed by atoms with Gasteiger partial charge in [-0.3, -0.25) is 4.79 Å². The Kier molecular flexibility index (Phi) is 4.87. The third kappa shape index (κ3) is 3.28. The quantitative estimate of drug-likeness (QED) is 0.584. The van der Waals surface area contributed by atoms with Gasteiger partial charge in [0.2, 0.25) is 0 Å². The van der Waals surface area contributed by atoms with Gasteiger partial charge in [-0.25, -0.2) is 13.2 Å². The fraction of sp³-hybridized carbons (Fsp3) is 0.318. The predicted octanol–water partition coefficient (Wildman–Crippen LogP) is 5.09. The fourth-order valence-corrected chi connectivity index (χ4v) is 4.30. The number of methoxy groups -OCH3 is 1. The molecule has 1 heterocycles. The van der Waals surface area contributed by atoms with Crippen LogP contribution in [0.3, 0.4) is 0 Å². The average Bonchev–Trinajstić information content (AvgIpc) is 2.98. The van der Waals surface area contributed by atoms with Gasteiger partial charge in [0.05, 0.1) is 19.0 Å². The van der Waals surface area contributed by atoms with Gasteiger partial charge in [-0.15, -0.1) is 0 Å². The second kappa shape index (κ2) is 7.34. The third-order valence-electron chi connectivity index (χ3n) is 5.48. The summed E-state index contributed by atoms with van der Waals surface area (Å²) in [6.45, 7) is 0.312. The average molecular weight is 387 g/mol. The van der Waals surface area contributed by atoms with Gasteiger partial charge < -0.3 is 9.30 Å². The van der Waals surface area contributed by atoms with Crippen molar-refractivity contribution in [1.82, 2.24) is 4.57 Å². The van der Waals surface area contributed by atoms with Crippen molar-refractivity contribution in [3.63, 3.8) is 0 Å². The van der Waals surface area contributed by atoms with Gasteiger partial charge in [0.1, 0.15) is 17.5 Å². The van der Waals surface area contributed by atoms with Crippen LogP contribution in [0.1, 0.15) is 42.0 Å². The first kappa shape index (κ1) is 18.6. The number of aryl methyl sites for hydroxylation is 1. The van der Waals surface area contributed by atoms with Crippen molar-refractivity contribution in [3.05, 3.63) is 70.7 Å². The topological polar surface area (TPSA) is 31.2 Å². The molecule has 6 heteroatoms. The summed E-state index contributed by atoms with van der Waals surface area (Å²) in [5.74, 6) is -2.07. The van der Waals surface area contributed by atoms with Gasteiger partial charge >= 0.3 is 5.97 Å². The molecular weight excluding hydrogens is 367 g/mol. The first-order valence-corrected chi connectivity index (χ1v) is 9.29. The molecule has 146 valence electrons. The number of carbonyl (C=O) groups excluding carboxylic acids is 1. The van der Waals surface area contributed by atoms with Gasteiger partial charge in [-0.1, -0.05) is 12.1 Å². The first-order chi connectivity index (χ1) is 13.5. The number of halogens is 3. The van der Waals surface area contributed by atoms with E-state index in [0.29, 0.717) is 23.9 Å². The summed E-state index contributed by atoms with van der Waals surface area (Å²) in [7, 11) is 1.34. The molecule has 1 unspecified atom stereocenters. The van der Waals surface area contributed by atoms with Crippen molar-refractivity contribution in [2.75, 3.05) is 7.11 Å². The second-order valence-corrected chi connectivity index (χ2v) is 7.23. The van der Waals surface area contributed by atoms with Crippen LogP contribution in [0.15, 0.2) is 36.4 Å². The summed E-state index contributed by atoms with van der Waals surface area (Å²) < 4.78 is 48.7. The van der Waals surface area contributed by atoms with Gasteiger partial charge in [0.25, 0.3) is 0 Å². The van der Waals surface area contributed by atoms with Crippen LogP contribution in [0, 0.1) is 17.5 Å². The molecule has 0 N–H and O–H groups in total. The van der Waals surface area contributed by atoms with E-state index in [1.165, 1.54) is 25.3 Å². The normalized spacial score (nSPS) is 16.2. The van der Waals surface area contributed by atoms with E-state index in [1.54, 1.807) is 12.1 Å². The van der Waals surface area contributed by atoms with E-state index in [4.69, 9.17) is 4.74 Å². The van der Waals surface area contributed by atoms with Crippen LogP contribution in [0.4, 0.5) is 13.2 Å². The van der Waals surface area contributed by atoms with Crippen LogP contribution in [-0.2, 0) is 22.5 Å². The maximum absolute atomic E-state index is 14.8. The van der Waals surface area contributed by atoms with E-state index >= 15 is 0 Å². The molecule has 3 aromatic rings. The lowest BCUT2D eigenvalue weighted by molar-refractivity contribution is -0.141. The van der Waals surface area contributed by atoms with Gasteiger partial charge in [-0.2, -0.15) is 0 Å². The summed E-state index contributed by atoms with van der Waals surface area (Å²) in [5.41, 5.74) is 2.86. The fourth-order valence-electron chi connectivity index (χ4n) is 4.30. The Balaban J connectivity index is 1.91. The Morgan fingerprint density at radius 2 is 1.89 bits per heavy atom.